The second-order valence-corrected chi connectivity index (χ2v) is 6.15. The van der Waals surface area contributed by atoms with Crippen LogP contribution in [0.25, 0.3) is 0 Å². The Morgan fingerprint density at radius 2 is 2.33 bits per heavy atom. The van der Waals surface area contributed by atoms with Crippen molar-refractivity contribution in [2.45, 2.75) is 46.6 Å². The minimum Gasteiger partial charge on any atom is -0.336 e. The van der Waals surface area contributed by atoms with Gasteiger partial charge in [-0.2, -0.15) is 10.4 Å². The molecule has 5 heteroatoms. The Bertz CT molecular complexity index is 541. The quantitative estimate of drug-likeness (QED) is 0.855. The molecule has 1 aromatic rings. The molecule has 0 N–H and O–H groups in total. The molecule has 0 saturated carbocycles. The van der Waals surface area contributed by atoms with Crippen LogP contribution in [0.4, 0.5) is 0 Å². The van der Waals surface area contributed by atoms with Gasteiger partial charge in [0.2, 0.25) is 0 Å². The van der Waals surface area contributed by atoms with Gasteiger partial charge in [0.05, 0.1) is 17.7 Å². The lowest BCUT2D eigenvalue weighted by Gasteiger charge is -2.29. The summed E-state index contributed by atoms with van der Waals surface area (Å²) in [5.74, 6) is 0.501. The van der Waals surface area contributed by atoms with E-state index in [2.05, 4.69) is 25.0 Å². The number of piperidine rings is 1. The van der Waals surface area contributed by atoms with Crippen LogP contribution in [0.1, 0.15) is 49.8 Å². The largest absolute Gasteiger partial charge is 0.336 e. The highest BCUT2D eigenvalue weighted by atomic mass is 16.2. The lowest BCUT2D eigenvalue weighted by Crippen LogP contribution is -2.40. The first-order chi connectivity index (χ1) is 10.0. The Labute approximate surface area is 126 Å². The van der Waals surface area contributed by atoms with E-state index in [0.717, 1.165) is 31.5 Å². The molecular weight excluding hydrogens is 264 g/mol. The number of nitriles is 1. The molecule has 0 aliphatic carbocycles. The van der Waals surface area contributed by atoms with E-state index in [-0.39, 0.29) is 11.8 Å². The molecule has 1 saturated heterocycles. The van der Waals surface area contributed by atoms with Crippen LogP contribution in [-0.4, -0.2) is 33.7 Å². The number of hydrogen-bond acceptors (Lipinski definition) is 3. The first kappa shape index (κ1) is 15.6. The van der Waals surface area contributed by atoms with Gasteiger partial charge in [0.15, 0.2) is 0 Å². The standard InChI is InChI=1S/C16H24N4O/c1-4-20-15(9-14(18-20)8-12(2)3)16(21)19-7-5-6-13(10-17)11-19/h9,12-13H,4-8,11H2,1-3H3/t13-/m0/s1. The molecular formula is C16H24N4O. The number of aromatic nitrogens is 2. The summed E-state index contributed by atoms with van der Waals surface area (Å²) in [6.07, 6.45) is 2.68. The summed E-state index contributed by atoms with van der Waals surface area (Å²) in [7, 11) is 0. The van der Waals surface area contributed by atoms with E-state index in [9.17, 15) is 4.79 Å². The second-order valence-electron chi connectivity index (χ2n) is 6.15. The minimum absolute atomic E-state index is 0.0132. The molecule has 114 valence electrons. The fourth-order valence-corrected chi connectivity index (χ4v) is 2.83. The molecule has 21 heavy (non-hydrogen) atoms. The molecule has 1 aliphatic heterocycles. The summed E-state index contributed by atoms with van der Waals surface area (Å²) >= 11 is 0. The second kappa shape index (κ2) is 6.75. The Hall–Kier alpha value is -1.83. The topological polar surface area (TPSA) is 61.9 Å². The SMILES string of the molecule is CCn1nc(CC(C)C)cc1C(=O)N1CCC[C@@H](C#N)C1. The van der Waals surface area contributed by atoms with Gasteiger partial charge in [-0.05, 0) is 38.2 Å². The van der Waals surface area contributed by atoms with Crippen LogP contribution in [0.15, 0.2) is 6.07 Å². The molecule has 1 amide bonds. The maximum absolute atomic E-state index is 12.7. The molecule has 1 fully saturated rings. The maximum Gasteiger partial charge on any atom is 0.272 e. The van der Waals surface area contributed by atoms with Crippen molar-refractivity contribution in [1.29, 1.82) is 5.26 Å². The van der Waals surface area contributed by atoms with Crippen LogP contribution < -0.4 is 0 Å². The number of aryl methyl sites for hydroxylation is 1. The van der Waals surface area contributed by atoms with Crippen molar-refractivity contribution in [2.75, 3.05) is 13.1 Å². The summed E-state index contributed by atoms with van der Waals surface area (Å²) in [5, 5.41) is 13.6. The zero-order valence-electron chi connectivity index (χ0n) is 13.2. The molecule has 2 rings (SSSR count). The van der Waals surface area contributed by atoms with Gasteiger partial charge in [0, 0.05) is 19.6 Å². The third kappa shape index (κ3) is 3.63. The van der Waals surface area contributed by atoms with Gasteiger partial charge in [0.1, 0.15) is 5.69 Å². The maximum atomic E-state index is 12.7. The van der Waals surface area contributed by atoms with Gasteiger partial charge in [-0.15, -0.1) is 0 Å². The van der Waals surface area contributed by atoms with Crippen LogP contribution >= 0.6 is 0 Å². The van der Waals surface area contributed by atoms with Crippen LogP contribution in [-0.2, 0) is 13.0 Å². The number of likely N-dealkylation sites (tertiary alicyclic amines) is 1. The smallest absolute Gasteiger partial charge is 0.272 e. The molecule has 2 heterocycles. The van der Waals surface area contributed by atoms with Crippen molar-refractivity contribution in [3.63, 3.8) is 0 Å². The van der Waals surface area contributed by atoms with E-state index in [1.54, 1.807) is 9.58 Å². The molecule has 5 nitrogen and oxygen atoms in total. The van der Waals surface area contributed by atoms with Gasteiger partial charge >= 0.3 is 0 Å². The summed E-state index contributed by atoms with van der Waals surface area (Å²) in [6, 6.07) is 4.20. The Balaban J connectivity index is 2.18. The minimum atomic E-state index is -0.0316. The van der Waals surface area contributed by atoms with Crippen molar-refractivity contribution >= 4 is 5.91 Å². The van der Waals surface area contributed by atoms with E-state index in [1.165, 1.54) is 0 Å². The third-order valence-electron chi connectivity index (χ3n) is 3.86. The fraction of sp³-hybridized carbons (Fsp3) is 0.688. The predicted molar refractivity (Wildman–Crippen MR) is 80.7 cm³/mol. The Morgan fingerprint density at radius 1 is 1.57 bits per heavy atom. The average Bonchev–Trinajstić information content (AvgIpc) is 2.88. The third-order valence-corrected chi connectivity index (χ3v) is 3.86. The van der Waals surface area contributed by atoms with E-state index in [4.69, 9.17) is 5.26 Å². The number of nitrogens with zero attached hydrogens (tertiary/aromatic N) is 4. The van der Waals surface area contributed by atoms with Crippen LogP contribution in [0, 0.1) is 23.2 Å². The summed E-state index contributed by atoms with van der Waals surface area (Å²) < 4.78 is 1.79. The monoisotopic (exact) mass is 288 g/mol. The van der Waals surface area contributed by atoms with Gasteiger partial charge in [-0.25, -0.2) is 0 Å². The van der Waals surface area contributed by atoms with Gasteiger partial charge in [-0.1, -0.05) is 13.8 Å². The number of carbonyl (C=O) groups is 1. The zero-order valence-corrected chi connectivity index (χ0v) is 13.2. The summed E-state index contributed by atoms with van der Waals surface area (Å²) in [4.78, 5) is 14.5. The molecule has 1 aromatic heterocycles. The Morgan fingerprint density at radius 3 is 2.95 bits per heavy atom. The first-order valence-electron chi connectivity index (χ1n) is 7.80. The van der Waals surface area contributed by atoms with Gasteiger partial charge < -0.3 is 4.90 Å². The van der Waals surface area contributed by atoms with E-state index in [0.29, 0.717) is 24.7 Å². The van der Waals surface area contributed by atoms with Crippen molar-refractivity contribution in [1.82, 2.24) is 14.7 Å². The van der Waals surface area contributed by atoms with Crippen molar-refractivity contribution in [2.24, 2.45) is 11.8 Å². The normalized spacial score (nSPS) is 18.8. The van der Waals surface area contributed by atoms with Gasteiger partial charge in [-0.3, -0.25) is 9.48 Å². The van der Waals surface area contributed by atoms with E-state index in [1.807, 2.05) is 13.0 Å². The van der Waals surface area contributed by atoms with Gasteiger partial charge in [0.25, 0.3) is 5.91 Å². The number of amides is 1. The highest BCUT2D eigenvalue weighted by molar-refractivity contribution is 5.92. The number of hydrogen-bond donors (Lipinski definition) is 0. The van der Waals surface area contributed by atoms with Crippen LogP contribution in [0.5, 0.6) is 0 Å². The highest BCUT2D eigenvalue weighted by Gasteiger charge is 2.26. The van der Waals surface area contributed by atoms with E-state index < -0.39 is 0 Å². The molecule has 1 atom stereocenters. The molecule has 0 bridgehead atoms. The van der Waals surface area contributed by atoms with Crippen LogP contribution in [0.3, 0.4) is 0 Å². The zero-order chi connectivity index (χ0) is 15.4. The highest BCUT2D eigenvalue weighted by Crippen LogP contribution is 2.19. The number of carbonyl (C=O) groups excluding carboxylic acids is 1. The first-order valence-corrected chi connectivity index (χ1v) is 7.80. The van der Waals surface area contributed by atoms with E-state index >= 15 is 0 Å². The molecule has 1 aliphatic rings. The molecule has 0 aromatic carbocycles. The summed E-state index contributed by atoms with van der Waals surface area (Å²) in [5.41, 5.74) is 1.63. The predicted octanol–water partition coefficient (Wildman–Crippen LogP) is 2.48. The summed E-state index contributed by atoms with van der Waals surface area (Å²) in [6.45, 7) is 8.27. The van der Waals surface area contributed by atoms with Crippen LogP contribution in [0.2, 0.25) is 0 Å². The Kier molecular flexibility index (Phi) is 5.00. The fourth-order valence-electron chi connectivity index (χ4n) is 2.83. The molecule has 0 unspecified atom stereocenters. The lowest BCUT2D eigenvalue weighted by atomic mass is 9.99. The molecule has 0 radical (unpaired) electrons. The van der Waals surface area contributed by atoms with Crippen molar-refractivity contribution in [3.05, 3.63) is 17.5 Å². The molecule has 0 spiro atoms. The van der Waals surface area contributed by atoms with Crippen molar-refractivity contribution < 1.29 is 4.79 Å². The van der Waals surface area contributed by atoms with Crippen molar-refractivity contribution in [3.8, 4) is 6.07 Å². The average molecular weight is 288 g/mol. The number of rotatable bonds is 4. The lowest BCUT2D eigenvalue weighted by molar-refractivity contribution is 0.0686.